The number of hydrogen-bond donors (Lipinski definition) is 4. The van der Waals surface area contributed by atoms with Gasteiger partial charge in [0.25, 0.3) is 0 Å². The molecule has 2 unspecified atom stereocenters. The van der Waals surface area contributed by atoms with Gasteiger partial charge in [0, 0.05) is 16.3 Å². The molecule has 2 atom stereocenters. The van der Waals surface area contributed by atoms with Gasteiger partial charge < -0.3 is 20.6 Å². The number of aliphatic hydroxyl groups excluding tert-OH is 1. The molecule has 0 aromatic heterocycles. The van der Waals surface area contributed by atoms with Crippen molar-refractivity contribution in [2.45, 2.75) is 94.5 Å². The molecule has 0 fully saturated rings. The summed E-state index contributed by atoms with van der Waals surface area (Å²) in [6.07, 6.45) is 9.34. The summed E-state index contributed by atoms with van der Waals surface area (Å²) in [6, 6.07) is 14.8. The van der Waals surface area contributed by atoms with Crippen LogP contribution in [-0.4, -0.2) is 104 Å². The fourth-order valence-electron chi connectivity index (χ4n) is 4.25. The number of rotatable bonds is 19. The molecule has 0 aliphatic heterocycles. The zero-order chi connectivity index (χ0) is 27.8. The van der Waals surface area contributed by atoms with E-state index in [1.165, 1.54) is 55.9 Å². The first-order valence-corrected chi connectivity index (χ1v) is 14.5. The summed E-state index contributed by atoms with van der Waals surface area (Å²) in [6.45, 7) is 2.22. The third kappa shape index (κ3) is 16.6. The number of aryl methyl sites for hydroxylation is 1. The zero-order valence-electron chi connectivity index (χ0n) is 22.2. The van der Waals surface area contributed by atoms with Crippen molar-refractivity contribution in [3.05, 3.63) is 59.7 Å². The minimum atomic E-state index is -1.19. The molecule has 4 N–H and O–H groups in total. The molecule has 212 valence electrons. The molecular formula is C30H43NNa2O6S. The standard InChI is InChI=1S/C30H41NO6S.2Na.2H/c1-2-3-4-5-6-7-8-9-22-10-12-23(13-11-22)27(30(36)37)19-16-25(32)21-38-26-17-14-24(15-18-26)31-28(33)20-29(34)35;;;;/h10-15,17-18,25,27,32H,2-9,16,19-21H2,1H3,(H,31,33)(H,34,35)(H,36,37);;;;. The fourth-order valence-corrected chi connectivity index (χ4v) is 5.13. The minimum absolute atomic E-state index is 0. The molecule has 7 nitrogen and oxygen atoms in total. The van der Waals surface area contributed by atoms with Crippen LogP contribution in [0.25, 0.3) is 0 Å². The molecule has 2 rings (SSSR count). The Morgan fingerprint density at radius 2 is 1.43 bits per heavy atom. The van der Waals surface area contributed by atoms with Gasteiger partial charge in [-0.1, -0.05) is 69.7 Å². The number of nitrogens with one attached hydrogen (secondary N) is 1. The Morgan fingerprint density at radius 3 is 2.00 bits per heavy atom. The zero-order valence-corrected chi connectivity index (χ0v) is 23.0. The first-order valence-electron chi connectivity index (χ1n) is 13.5. The van der Waals surface area contributed by atoms with E-state index in [0.717, 1.165) is 23.3 Å². The van der Waals surface area contributed by atoms with Gasteiger partial charge in [0.2, 0.25) is 5.91 Å². The summed E-state index contributed by atoms with van der Waals surface area (Å²) in [7, 11) is 0. The number of aliphatic carboxylic acids is 2. The second kappa shape index (κ2) is 22.7. The first kappa shape index (κ1) is 39.2. The molecular weight excluding hydrogens is 548 g/mol. The molecule has 1 amide bonds. The molecule has 0 saturated heterocycles. The number of unbranched alkanes of at least 4 members (excludes halogenated alkanes) is 6. The van der Waals surface area contributed by atoms with Crippen LogP contribution in [-0.2, 0) is 20.8 Å². The van der Waals surface area contributed by atoms with E-state index in [4.69, 9.17) is 5.11 Å². The third-order valence-corrected chi connectivity index (χ3v) is 7.59. The molecule has 2 aromatic rings. The van der Waals surface area contributed by atoms with E-state index in [-0.39, 0.29) is 59.1 Å². The molecule has 10 heteroatoms. The average molecular weight is 592 g/mol. The second-order valence-electron chi connectivity index (χ2n) is 9.69. The number of hydrogen-bond acceptors (Lipinski definition) is 5. The van der Waals surface area contributed by atoms with Crippen LogP contribution in [0.5, 0.6) is 0 Å². The van der Waals surface area contributed by atoms with E-state index in [9.17, 15) is 24.6 Å². The number of anilines is 1. The average Bonchev–Trinajstić information content (AvgIpc) is 2.88. The van der Waals surface area contributed by atoms with Crippen LogP contribution in [0.1, 0.15) is 88.2 Å². The predicted octanol–water partition coefficient (Wildman–Crippen LogP) is 5.20. The Balaban J connectivity index is 0.00000760. The molecule has 2 aromatic carbocycles. The van der Waals surface area contributed by atoms with Crippen molar-refractivity contribution in [1.82, 2.24) is 0 Å². The van der Waals surface area contributed by atoms with Crippen molar-refractivity contribution in [3.8, 4) is 0 Å². The molecule has 0 saturated carbocycles. The number of benzene rings is 2. The van der Waals surface area contributed by atoms with Crippen molar-refractivity contribution in [2.24, 2.45) is 0 Å². The number of carboxylic acids is 2. The Bertz CT molecular complexity index is 1000. The number of thioether (sulfide) groups is 1. The van der Waals surface area contributed by atoms with Crippen molar-refractivity contribution < 1.29 is 29.7 Å². The summed E-state index contributed by atoms with van der Waals surface area (Å²) >= 11 is 1.43. The van der Waals surface area contributed by atoms with Gasteiger partial charge in [-0.25, -0.2) is 0 Å². The van der Waals surface area contributed by atoms with Crippen molar-refractivity contribution in [1.29, 1.82) is 0 Å². The van der Waals surface area contributed by atoms with Crippen molar-refractivity contribution in [3.63, 3.8) is 0 Å². The first-order chi connectivity index (χ1) is 18.3. The van der Waals surface area contributed by atoms with Gasteiger partial charge in [-0.15, -0.1) is 11.8 Å². The SMILES string of the molecule is CCCCCCCCCc1ccc(C(CCC(O)CSc2ccc(NC(=O)CC(=O)O)cc2)C(=O)O)cc1.[NaH].[NaH]. The number of amides is 1. The third-order valence-electron chi connectivity index (χ3n) is 6.43. The topological polar surface area (TPSA) is 124 Å². The Labute approximate surface area is 286 Å². The molecule has 0 spiro atoms. The quantitative estimate of drug-likeness (QED) is 0.0767. The number of carboxylic acid groups (broad SMARTS) is 2. The van der Waals surface area contributed by atoms with Gasteiger partial charge in [0.1, 0.15) is 6.42 Å². The molecule has 0 heterocycles. The maximum atomic E-state index is 11.9. The van der Waals surface area contributed by atoms with Gasteiger partial charge in [0.15, 0.2) is 0 Å². The van der Waals surface area contributed by atoms with Crippen molar-refractivity contribution >= 4 is 94.4 Å². The molecule has 40 heavy (non-hydrogen) atoms. The normalized spacial score (nSPS) is 11.9. The van der Waals surface area contributed by atoms with E-state index in [1.54, 1.807) is 24.3 Å². The van der Waals surface area contributed by atoms with Gasteiger partial charge in [0.05, 0.1) is 12.0 Å². The Kier molecular flexibility index (Phi) is 22.2. The summed E-state index contributed by atoms with van der Waals surface area (Å²) in [5, 5.41) is 31.4. The number of aliphatic hydroxyl groups is 1. The number of carbonyl (C=O) groups excluding carboxylic acids is 1. The second-order valence-corrected chi connectivity index (χ2v) is 10.8. The Morgan fingerprint density at radius 1 is 0.825 bits per heavy atom. The van der Waals surface area contributed by atoms with Gasteiger partial charge in [-0.3, -0.25) is 14.4 Å². The maximum absolute atomic E-state index is 11.9. The molecule has 0 aliphatic carbocycles. The van der Waals surface area contributed by atoms with E-state index in [0.29, 0.717) is 24.3 Å². The van der Waals surface area contributed by atoms with Gasteiger partial charge in [-0.05, 0) is 61.1 Å². The van der Waals surface area contributed by atoms with Crippen LogP contribution in [0.3, 0.4) is 0 Å². The van der Waals surface area contributed by atoms with E-state index >= 15 is 0 Å². The van der Waals surface area contributed by atoms with E-state index in [1.807, 2.05) is 24.3 Å². The van der Waals surface area contributed by atoms with Crippen LogP contribution >= 0.6 is 11.8 Å². The van der Waals surface area contributed by atoms with Crippen LogP contribution in [0.4, 0.5) is 5.69 Å². The fraction of sp³-hybridized carbons (Fsp3) is 0.500. The van der Waals surface area contributed by atoms with Crippen molar-refractivity contribution in [2.75, 3.05) is 11.1 Å². The molecule has 0 bridgehead atoms. The van der Waals surface area contributed by atoms with Gasteiger partial charge in [-0.2, -0.15) is 0 Å². The summed E-state index contributed by atoms with van der Waals surface area (Å²) in [5.74, 6) is -2.91. The summed E-state index contributed by atoms with van der Waals surface area (Å²) in [4.78, 5) is 34.9. The Hall–Kier alpha value is -0.840. The number of carbonyl (C=O) groups is 3. The summed E-state index contributed by atoms with van der Waals surface area (Å²) in [5.41, 5.74) is 2.50. The van der Waals surface area contributed by atoms with Gasteiger partial charge >= 0.3 is 71.1 Å². The summed E-state index contributed by atoms with van der Waals surface area (Å²) < 4.78 is 0. The van der Waals surface area contributed by atoms with Crippen LogP contribution in [0.15, 0.2) is 53.4 Å². The molecule has 0 radical (unpaired) electrons. The monoisotopic (exact) mass is 591 g/mol. The van der Waals surface area contributed by atoms with Crippen LogP contribution in [0.2, 0.25) is 0 Å². The van der Waals surface area contributed by atoms with E-state index < -0.39 is 36.3 Å². The van der Waals surface area contributed by atoms with E-state index in [2.05, 4.69) is 12.2 Å². The molecule has 0 aliphatic rings. The predicted molar refractivity (Wildman–Crippen MR) is 166 cm³/mol. The van der Waals surface area contributed by atoms with Crippen LogP contribution < -0.4 is 5.32 Å². The van der Waals surface area contributed by atoms with Crippen LogP contribution in [0, 0.1) is 0 Å².